The van der Waals surface area contributed by atoms with Gasteiger partial charge in [0.1, 0.15) is 11.3 Å². The van der Waals surface area contributed by atoms with Crippen molar-refractivity contribution in [2.75, 3.05) is 0 Å². The molecule has 1 aliphatic carbocycles. The fourth-order valence-electron chi connectivity index (χ4n) is 2.41. The first-order chi connectivity index (χ1) is 8.49. The van der Waals surface area contributed by atoms with Gasteiger partial charge in [0, 0.05) is 0 Å². The molecule has 1 aromatic carbocycles. The van der Waals surface area contributed by atoms with Crippen molar-refractivity contribution in [1.82, 2.24) is 0 Å². The Morgan fingerprint density at radius 2 is 1.89 bits per heavy atom. The van der Waals surface area contributed by atoms with Crippen molar-refractivity contribution >= 4 is 5.97 Å². The Morgan fingerprint density at radius 1 is 1.17 bits per heavy atom. The normalized spacial score (nSPS) is 28.0. The first-order valence-corrected chi connectivity index (χ1v) is 5.91. The first kappa shape index (κ1) is 12.9. The standard InChI is InChI=1S/C13H16O5/c14-10-3-1-7(5-9(10)13(17)18)8-2-4-11(15)12(16)6-8/h1,3,5,8,11-12,14-16H,2,4,6H2,(H,17,18). The Kier molecular flexibility index (Phi) is 3.54. The third-order valence-electron chi connectivity index (χ3n) is 3.50. The minimum absolute atomic E-state index is 0.0158. The number of carboxylic acids is 1. The van der Waals surface area contributed by atoms with Gasteiger partial charge in [0.2, 0.25) is 0 Å². The fraction of sp³-hybridized carbons (Fsp3) is 0.462. The molecule has 1 fully saturated rings. The summed E-state index contributed by atoms with van der Waals surface area (Å²) in [6.45, 7) is 0. The van der Waals surface area contributed by atoms with Crippen molar-refractivity contribution in [3.63, 3.8) is 0 Å². The van der Waals surface area contributed by atoms with E-state index in [9.17, 15) is 20.1 Å². The van der Waals surface area contributed by atoms with Gasteiger partial charge in [-0.2, -0.15) is 0 Å². The predicted octanol–water partition coefficient (Wildman–Crippen LogP) is 1.08. The SMILES string of the molecule is O=C(O)c1cc(C2CCC(O)C(O)C2)ccc1O. The summed E-state index contributed by atoms with van der Waals surface area (Å²) >= 11 is 0. The van der Waals surface area contributed by atoms with Crippen molar-refractivity contribution in [3.8, 4) is 5.75 Å². The van der Waals surface area contributed by atoms with Gasteiger partial charge in [-0.15, -0.1) is 0 Å². The maximum atomic E-state index is 10.9. The van der Waals surface area contributed by atoms with Crippen LogP contribution in [0.5, 0.6) is 5.75 Å². The molecule has 3 atom stereocenters. The van der Waals surface area contributed by atoms with E-state index >= 15 is 0 Å². The molecular weight excluding hydrogens is 236 g/mol. The van der Waals surface area contributed by atoms with E-state index in [2.05, 4.69) is 0 Å². The lowest BCUT2D eigenvalue weighted by Crippen LogP contribution is -2.32. The van der Waals surface area contributed by atoms with E-state index in [-0.39, 0.29) is 17.2 Å². The molecule has 98 valence electrons. The summed E-state index contributed by atoms with van der Waals surface area (Å²) in [5.41, 5.74) is 0.643. The van der Waals surface area contributed by atoms with Crippen LogP contribution in [0, 0.1) is 0 Å². The summed E-state index contributed by atoms with van der Waals surface area (Å²) in [5, 5.41) is 37.4. The monoisotopic (exact) mass is 252 g/mol. The molecule has 0 saturated heterocycles. The van der Waals surface area contributed by atoms with Gasteiger partial charge in [0.05, 0.1) is 12.2 Å². The number of aromatic hydroxyl groups is 1. The van der Waals surface area contributed by atoms with Crippen LogP contribution in [-0.4, -0.2) is 38.6 Å². The Bertz CT molecular complexity index is 457. The maximum absolute atomic E-state index is 10.9. The number of hydrogen-bond donors (Lipinski definition) is 4. The largest absolute Gasteiger partial charge is 0.507 e. The molecule has 0 radical (unpaired) electrons. The van der Waals surface area contributed by atoms with Crippen LogP contribution in [0.4, 0.5) is 0 Å². The third-order valence-corrected chi connectivity index (χ3v) is 3.50. The lowest BCUT2D eigenvalue weighted by Gasteiger charge is -2.30. The zero-order valence-corrected chi connectivity index (χ0v) is 9.78. The number of carbonyl (C=O) groups is 1. The quantitative estimate of drug-likeness (QED) is 0.631. The summed E-state index contributed by atoms with van der Waals surface area (Å²) in [6.07, 6.45) is 0.130. The number of phenols is 1. The summed E-state index contributed by atoms with van der Waals surface area (Å²) in [4.78, 5) is 10.9. The second kappa shape index (κ2) is 4.96. The van der Waals surface area contributed by atoms with Crippen LogP contribution >= 0.6 is 0 Å². The van der Waals surface area contributed by atoms with Gasteiger partial charge in [-0.25, -0.2) is 4.79 Å². The van der Waals surface area contributed by atoms with Crippen LogP contribution < -0.4 is 0 Å². The second-order valence-corrected chi connectivity index (χ2v) is 4.73. The Morgan fingerprint density at radius 3 is 2.50 bits per heavy atom. The van der Waals surface area contributed by atoms with Crippen LogP contribution in [0.15, 0.2) is 18.2 Å². The van der Waals surface area contributed by atoms with E-state index in [1.54, 1.807) is 6.07 Å². The first-order valence-electron chi connectivity index (χ1n) is 5.91. The number of benzene rings is 1. The molecule has 0 aliphatic heterocycles. The number of hydrogen-bond acceptors (Lipinski definition) is 4. The molecule has 0 amide bonds. The average molecular weight is 252 g/mol. The van der Waals surface area contributed by atoms with Gasteiger partial charge in [-0.05, 0) is 42.9 Å². The van der Waals surface area contributed by atoms with Crippen LogP contribution in [0.1, 0.15) is 41.1 Å². The fourth-order valence-corrected chi connectivity index (χ4v) is 2.41. The van der Waals surface area contributed by atoms with Crippen LogP contribution in [0.2, 0.25) is 0 Å². The van der Waals surface area contributed by atoms with E-state index in [1.165, 1.54) is 12.1 Å². The number of carboxylic acid groups (broad SMARTS) is 1. The van der Waals surface area contributed by atoms with Gasteiger partial charge >= 0.3 is 5.97 Å². The highest BCUT2D eigenvalue weighted by Gasteiger charge is 2.29. The van der Waals surface area contributed by atoms with Crippen molar-refractivity contribution in [1.29, 1.82) is 0 Å². The molecule has 5 nitrogen and oxygen atoms in total. The highest BCUT2D eigenvalue weighted by Crippen LogP contribution is 2.34. The van der Waals surface area contributed by atoms with Gasteiger partial charge in [-0.1, -0.05) is 6.07 Å². The third kappa shape index (κ3) is 2.47. The van der Waals surface area contributed by atoms with Crippen molar-refractivity contribution < 1.29 is 25.2 Å². The minimum Gasteiger partial charge on any atom is -0.507 e. The summed E-state index contributed by atoms with van der Waals surface area (Å²) in [5.74, 6) is -1.42. The highest BCUT2D eigenvalue weighted by atomic mass is 16.4. The number of aromatic carboxylic acids is 1. The van der Waals surface area contributed by atoms with Gasteiger partial charge in [-0.3, -0.25) is 0 Å². The minimum atomic E-state index is -1.18. The highest BCUT2D eigenvalue weighted by molar-refractivity contribution is 5.90. The zero-order valence-electron chi connectivity index (χ0n) is 9.78. The Hall–Kier alpha value is -1.59. The van der Waals surface area contributed by atoms with Crippen LogP contribution in [0.3, 0.4) is 0 Å². The molecule has 2 rings (SSSR count). The van der Waals surface area contributed by atoms with E-state index < -0.39 is 18.2 Å². The van der Waals surface area contributed by atoms with Gasteiger partial charge < -0.3 is 20.4 Å². The summed E-state index contributed by atoms with van der Waals surface area (Å²) in [7, 11) is 0. The molecular formula is C13H16O5. The van der Waals surface area contributed by atoms with E-state index in [1.807, 2.05) is 0 Å². The zero-order chi connectivity index (χ0) is 13.3. The molecule has 5 heteroatoms. The van der Waals surface area contributed by atoms with Gasteiger partial charge in [0.15, 0.2) is 0 Å². The molecule has 1 aromatic rings. The molecule has 0 heterocycles. The molecule has 0 aromatic heterocycles. The smallest absolute Gasteiger partial charge is 0.339 e. The molecule has 1 saturated carbocycles. The Balaban J connectivity index is 2.24. The molecule has 4 N–H and O–H groups in total. The van der Waals surface area contributed by atoms with Crippen LogP contribution in [-0.2, 0) is 0 Å². The second-order valence-electron chi connectivity index (χ2n) is 4.73. The topological polar surface area (TPSA) is 98.0 Å². The molecule has 0 bridgehead atoms. The van der Waals surface area contributed by atoms with E-state index in [4.69, 9.17) is 5.11 Å². The molecule has 1 aliphatic rings. The maximum Gasteiger partial charge on any atom is 0.339 e. The number of rotatable bonds is 2. The molecule has 18 heavy (non-hydrogen) atoms. The van der Waals surface area contributed by atoms with Crippen LogP contribution in [0.25, 0.3) is 0 Å². The van der Waals surface area contributed by atoms with E-state index in [0.29, 0.717) is 19.3 Å². The number of aliphatic hydroxyl groups excluding tert-OH is 2. The van der Waals surface area contributed by atoms with Crippen molar-refractivity contribution in [3.05, 3.63) is 29.3 Å². The van der Waals surface area contributed by atoms with Gasteiger partial charge in [0.25, 0.3) is 0 Å². The number of aliphatic hydroxyl groups is 2. The summed E-state index contributed by atoms with van der Waals surface area (Å²) in [6, 6.07) is 4.46. The Labute approximate surface area is 104 Å². The van der Waals surface area contributed by atoms with Crippen molar-refractivity contribution in [2.45, 2.75) is 37.4 Å². The lowest BCUT2D eigenvalue weighted by atomic mass is 9.81. The summed E-state index contributed by atoms with van der Waals surface area (Å²) < 4.78 is 0. The predicted molar refractivity (Wildman–Crippen MR) is 63.7 cm³/mol. The molecule has 0 spiro atoms. The average Bonchev–Trinajstić information content (AvgIpc) is 2.33. The van der Waals surface area contributed by atoms with E-state index in [0.717, 1.165) is 5.56 Å². The molecule has 3 unspecified atom stereocenters. The lowest BCUT2D eigenvalue weighted by molar-refractivity contribution is -0.0149. The van der Waals surface area contributed by atoms with Crippen molar-refractivity contribution in [2.24, 2.45) is 0 Å².